The summed E-state index contributed by atoms with van der Waals surface area (Å²) >= 11 is 0. The van der Waals surface area contributed by atoms with E-state index in [4.69, 9.17) is 4.74 Å². The number of carbonyl (C=O) groups excluding carboxylic acids is 1. The van der Waals surface area contributed by atoms with Gasteiger partial charge in [-0.3, -0.25) is 19.7 Å². The maximum Gasteiger partial charge on any atom is 0.407 e. The molecule has 1 spiro atoms. The third kappa shape index (κ3) is 8.44. The monoisotopic (exact) mass is 761 g/mol. The molecule has 54 heavy (non-hydrogen) atoms. The number of amides is 1. The Kier molecular flexibility index (Phi) is 11.1. The van der Waals surface area contributed by atoms with Crippen LogP contribution in [0.25, 0.3) is 10.9 Å². The molecule has 5 heterocycles. The van der Waals surface area contributed by atoms with Crippen molar-refractivity contribution in [2.45, 2.75) is 110 Å². The number of hydrogen-bond donors (Lipinski definition) is 1. The van der Waals surface area contributed by atoms with Gasteiger partial charge in [-0.15, -0.1) is 0 Å². The number of nitrogens with zero attached hydrogens (tertiary/aromatic N) is 6. The second kappa shape index (κ2) is 15.4. The molecule has 2 saturated heterocycles. The number of aromatic nitrogens is 3. The molecule has 2 atom stereocenters. The first-order valence-electron chi connectivity index (χ1n) is 19.3. The average molecular weight is 762 g/mol. The van der Waals surface area contributed by atoms with E-state index in [9.17, 15) is 9.59 Å². The summed E-state index contributed by atoms with van der Waals surface area (Å²) in [6, 6.07) is 12.1. The number of aryl methyl sites for hydroxylation is 2. The van der Waals surface area contributed by atoms with Gasteiger partial charge in [0, 0.05) is 129 Å². The van der Waals surface area contributed by atoms with Crippen LogP contribution in [0, 0.1) is 62.8 Å². The van der Waals surface area contributed by atoms with E-state index in [-0.39, 0.29) is 66.7 Å². The number of benzene rings is 1. The van der Waals surface area contributed by atoms with Crippen LogP contribution in [-0.4, -0.2) is 69.4 Å². The molecule has 8 rings (SSSR count). The summed E-state index contributed by atoms with van der Waals surface area (Å²) < 4.78 is 24.1. The van der Waals surface area contributed by atoms with Crippen LogP contribution >= 0.6 is 0 Å². The van der Waals surface area contributed by atoms with E-state index in [1.54, 1.807) is 0 Å². The molecular formula is C42H52ArFN7O3. The van der Waals surface area contributed by atoms with E-state index in [0.29, 0.717) is 42.8 Å². The fourth-order valence-electron chi connectivity index (χ4n) is 8.50. The molecule has 1 amide bonds. The van der Waals surface area contributed by atoms with Gasteiger partial charge >= 0.3 is 6.09 Å². The number of piperidine rings is 1. The van der Waals surface area contributed by atoms with Crippen LogP contribution in [0.5, 0.6) is 0 Å². The van der Waals surface area contributed by atoms with Gasteiger partial charge in [0.05, 0.1) is 29.1 Å². The number of ether oxygens (including phenoxy) is 1. The molecule has 0 bridgehead atoms. The summed E-state index contributed by atoms with van der Waals surface area (Å²) in [7, 11) is 0. The molecule has 3 aromatic heterocycles. The number of halogens is 1. The van der Waals surface area contributed by atoms with Crippen LogP contribution in [0.1, 0.15) is 87.9 Å². The first kappa shape index (κ1) is 39.0. The van der Waals surface area contributed by atoms with Crippen molar-refractivity contribution in [2.24, 2.45) is 5.41 Å². The third-order valence-electron chi connectivity index (χ3n) is 11.6. The zero-order valence-electron chi connectivity index (χ0n) is 32.1. The van der Waals surface area contributed by atoms with Crippen molar-refractivity contribution in [3.8, 4) is 0 Å². The van der Waals surface area contributed by atoms with Crippen LogP contribution in [0.3, 0.4) is 0 Å². The molecule has 2 aliphatic heterocycles. The zero-order chi connectivity index (χ0) is 37.1. The Bertz CT molecular complexity index is 2080. The van der Waals surface area contributed by atoms with Crippen molar-refractivity contribution < 1.29 is 51.7 Å². The number of alkyl carbamates (subject to hydrolysis) is 1. The van der Waals surface area contributed by atoms with Crippen molar-refractivity contribution in [2.75, 3.05) is 36.0 Å². The molecule has 2 saturated carbocycles. The van der Waals surface area contributed by atoms with Gasteiger partial charge in [-0.2, -0.15) is 0 Å². The molecule has 1 unspecified atom stereocenters. The molecule has 10 nitrogen and oxygen atoms in total. The van der Waals surface area contributed by atoms with Crippen molar-refractivity contribution >= 4 is 28.4 Å². The number of fused-ring (bicyclic) bond motifs is 1. The summed E-state index contributed by atoms with van der Waals surface area (Å²) in [5, 5.41) is 3.51. The van der Waals surface area contributed by atoms with Crippen molar-refractivity contribution in [1.82, 2.24) is 24.8 Å². The Morgan fingerprint density at radius 3 is 2.50 bits per heavy atom. The standard InChI is InChI=1S/C42H52FN7O3.Ar/c1-27-8-9-32(20-45-27)47-16-6-7-33(24-47)48(21-29-12-15-44-28(2)17-29)22-30-23-50(31-10-11-31)36-19-37(35(43)18-34(36)39(30)51)49-25-38(42(26-49)13-14-42)46-40(52)53-41(3,4)5;/h8-9,12,15,17-20,23,31,33,38H,6-7,10-11,13-14,16,21-22,24-26H2,1-5H3,(H,46,52);/t33-,38?;/m0./s1. The minimum absolute atomic E-state index is 0. The Hall–Kier alpha value is -3.25. The van der Waals surface area contributed by atoms with Gasteiger partial charge in [-0.1, -0.05) is 0 Å². The molecule has 4 aliphatic rings. The second-order valence-electron chi connectivity index (χ2n) is 17.0. The van der Waals surface area contributed by atoms with Crippen molar-refractivity contribution in [1.29, 1.82) is 0 Å². The number of carbonyl (C=O) groups is 1. The predicted molar refractivity (Wildman–Crippen MR) is 206 cm³/mol. The van der Waals surface area contributed by atoms with E-state index in [1.807, 2.05) is 53.1 Å². The second-order valence-corrected chi connectivity index (χ2v) is 17.0. The molecule has 1 N–H and O–H groups in total. The number of pyridine rings is 3. The smallest absolute Gasteiger partial charge is 0.407 e. The molecule has 2 aliphatic carbocycles. The van der Waals surface area contributed by atoms with Crippen LogP contribution in [-0.2, 0) is 17.8 Å². The Balaban J connectivity index is 0.00000450. The molecule has 4 fully saturated rings. The SMILES string of the molecule is Cc1ccc(N2CCC[C@H](N(Cc3ccnc(C)c3)Cc3cn(C4CC4)c4cc(N5CC(NC(=O)OC(C)(C)C)C6(CC6)C5)c(F)cc4c3=O)C2)cn1.[Ar]. The Labute approximate surface area is 347 Å². The van der Waals surface area contributed by atoms with Gasteiger partial charge in [0.1, 0.15) is 11.4 Å². The molecule has 0 radical (unpaired) electrons. The van der Waals surface area contributed by atoms with Crippen LogP contribution in [0.15, 0.2) is 59.8 Å². The molecule has 288 valence electrons. The maximum absolute atomic E-state index is 16.3. The zero-order valence-corrected chi connectivity index (χ0v) is 32.8. The summed E-state index contributed by atoms with van der Waals surface area (Å²) in [4.78, 5) is 43.0. The number of nitrogens with one attached hydrogen (secondary N) is 1. The summed E-state index contributed by atoms with van der Waals surface area (Å²) in [6.07, 6.45) is 11.5. The van der Waals surface area contributed by atoms with Crippen LogP contribution in [0.4, 0.5) is 20.6 Å². The fourth-order valence-corrected chi connectivity index (χ4v) is 8.50. The van der Waals surface area contributed by atoms with E-state index in [0.717, 1.165) is 79.8 Å². The first-order valence-corrected chi connectivity index (χ1v) is 19.3. The summed E-state index contributed by atoms with van der Waals surface area (Å²) in [6.45, 7) is 13.6. The summed E-state index contributed by atoms with van der Waals surface area (Å²) in [5.41, 5.74) is 5.39. The average Bonchev–Trinajstić information content (AvgIpc) is 4.04. The third-order valence-corrected chi connectivity index (χ3v) is 11.6. The molecule has 12 heteroatoms. The van der Waals surface area contributed by atoms with E-state index >= 15 is 4.39 Å². The van der Waals surface area contributed by atoms with Crippen molar-refractivity contribution in [3.63, 3.8) is 0 Å². The molecule has 1 aromatic carbocycles. The van der Waals surface area contributed by atoms with Gasteiger partial charge in [-0.05, 0) is 115 Å². The van der Waals surface area contributed by atoms with E-state index < -0.39 is 17.5 Å². The first-order chi connectivity index (χ1) is 25.3. The van der Waals surface area contributed by atoms with Gasteiger partial charge in [-0.25, -0.2) is 9.18 Å². The van der Waals surface area contributed by atoms with Crippen LogP contribution in [0.2, 0.25) is 0 Å². The van der Waals surface area contributed by atoms with Gasteiger partial charge in [0.2, 0.25) is 0 Å². The van der Waals surface area contributed by atoms with E-state index in [1.165, 1.54) is 6.07 Å². The van der Waals surface area contributed by atoms with E-state index in [2.05, 4.69) is 65.0 Å². The van der Waals surface area contributed by atoms with Crippen molar-refractivity contribution in [3.05, 3.63) is 93.5 Å². The normalized spacial score (nSPS) is 20.7. The predicted octanol–water partition coefficient (Wildman–Crippen LogP) is 7.05. The molecular weight excluding hydrogens is 709 g/mol. The number of anilines is 2. The van der Waals surface area contributed by atoms with Gasteiger partial charge < -0.3 is 24.4 Å². The van der Waals surface area contributed by atoms with Gasteiger partial charge in [0.25, 0.3) is 0 Å². The summed E-state index contributed by atoms with van der Waals surface area (Å²) in [5.74, 6) is -0.401. The maximum atomic E-state index is 16.3. The number of rotatable bonds is 9. The Morgan fingerprint density at radius 1 is 1.02 bits per heavy atom. The van der Waals surface area contributed by atoms with Crippen LogP contribution < -0.4 is 20.5 Å². The quantitative estimate of drug-likeness (QED) is 0.194. The minimum Gasteiger partial charge on any atom is -0.444 e. The topological polar surface area (TPSA) is 95.8 Å². The molecule has 4 aromatic rings. The number of hydrogen-bond acceptors (Lipinski definition) is 8. The Morgan fingerprint density at radius 2 is 1.81 bits per heavy atom. The minimum atomic E-state index is -0.597. The largest absolute Gasteiger partial charge is 0.444 e. The fraction of sp³-hybridized carbons (Fsp3) is 0.524. The van der Waals surface area contributed by atoms with Gasteiger partial charge in [0.15, 0.2) is 5.43 Å².